The summed E-state index contributed by atoms with van der Waals surface area (Å²) in [6, 6.07) is 9.32. The van der Waals surface area contributed by atoms with Crippen LogP contribution in [0.4, 0.5) is 11.4 Å². The van der Waals surface area contributed by atoms with E-state index in [9.17, 15) is 9.59 Å². The average Bonchev–Trinajstić information content (AvgIpc) is 3.01. The number of carbonyl (C=O) groups excluding carboxylic acids is 2. The van der Waals surface area contributed by atoms with E-state index in [-0.39, 0.29) is 24.8 Å². The molecule has 2 heterocycles. The van der Waals surface area contributed by atoms with Gasteiger partial charge < -0.3 is 19.8 Å². The van der Waals surface area contributed by atoms with E-state index >= 15 is 0 Å². The first-order valence-electron chi connectivity index (χ1n) is 9.28. The van der Waals surface area contributed by atoms with E-state index in [4.69, 9.17) is 9.15 Å². The lowest BCUT2D eigenvalue weighted by Gasteiger charge is -2.18. The summed E-state index contributed by atoms with van der Waals surface area (Å²) in [5.41, 5.74) is 5.23. The fourth-order valence-electron chi connectivity index (χ4n) is 3.54. The van der Waals surface area contributed by atoms with Crippen LogP contribution in [0, 0.1) is 6.92 Å². The van der Waals surface area contributed by atoms with Crippen molar-refractivity contribution in [2.45, 2.75) is 33.1 Å². The number of furan rings is 1. The predicted octanol–water partition coefficient (Wildman–Crippen LogP) is 4.38. The lowest BCUT2D eigenvalue weighted by Crippen LogP contribution is -2.25. The third-order valence-corrected chi connectivity index (χ3v) is 4.91. The van der Waals surface area contributed by atoms with Crippen LogP contribution < -0.4 is 15.4 Å². The molecule has 1 aromatic heterocycles. The zero-order valence-electron chi connectivity index (χ0n) is 16.1. The van der Waals surface area contributed by atoms with Crippen LogP contribution in [0.15, 0.2) is 41.0 Å². The molecule has 0 spiro atoms. The zero-order chi connectivity index (χ0) is 19.8. The van der Waals surface area contributed by atoms with Crippen LogP contribution in [-0.2, 0) is 16.0 Å². The molecule has 0 unspecified atom stereocenters. The van der Waals surface area contributed by atoms with Gasteiger partial charge in [-0.3, -0.25) is 9.59 Å². The highest BCUT2D eigenvalue weighted by Gasteiger charge is 2.17. The van der Waals surface area contributed by atoms with Crippen LogP contribution in [0.2, 0.25) is 0 Å². The van der Waals surface area contributed by atoms with Gasteiger partial charge >= 0.3 is 0 Å². The highest BCUT2D eigenvalue weighted by Crippen LogP contribution is 2.31. The van der Waals surface area contributed by atoms with E-state index in [1.54, 1.807) is 24.5 Å². The minimum atomic E-state index is -0.211. The Morgan fingerprint density at radius 1 is 1.25 bits per heavy atom. The van der Waals surface area contributed by atoms with E-state index in [1.165, 1.54) is 11.1 Å². The molecule has 1 aliphatic heterocycles. The molecular weight excluding hydrogens is 356 g/mol. The number of aryl methyl sites for hydroxylation is 1. The van der Waals surface area contributed by atoms with Gasteiger partial charge in [-0.1, -0.05) is 13.8 Å². The van der Waals surface area contributed by atoms with Gasteiger partial charge in [0.25, 0.3) is 5.91 Å². The van der Waals surface area contributed by atoms with Crippen molar-refractivity contribution in [1.29, 1.82) is 0 Å². The van der Waals surface area contributed by atoms with Gasteiger partial charge in [0, 0.05) is 16.6 Å². The molecule has 0 aliphatic carbocycles. The number of anilines is 2. The van der Waals surface area contributed by atoms with Crippen LogP contribution >= 0.6 is 0 Å². The average molecular weight is 378 g/mol. The first-order chi connectivity index (χ1) is 13.4. The van der Waals surface area contributed by atoms with Gasteiger partial charge in [-0.2, -0.15) is 0 Å². The molecule has 144 valence electrons. The summed E-state index contributed by atoms with van der Waals surface area (Å²) in [5, 5.41) is 6.57. The summed E-state index contributed by atoms with van der Waals surface area (Å²) in [5.74, 6) is 0.624. The second-order valence-corrected chi connectivity index (χ2v) is 7.39. The Hall–Kier alpha value is -3.28. The number of hydrogen-bond donors (Lipinski definition) is 2. The molecule has 28 heavy (non-hydrogen) atoms. The Kier molecular flexibility index (Phi) is 4.55. The van der Waals surface area contributed by atoms with Gasteiger partial charge in [-0.05, 0) is 54.3 Å². The van der Waals surface area contributed by atoms with Gasteiger partial charge in [0.15, 0.2) is 6.61 Å². The Morgan fingerprint density at radius 2 is 2.07 bits per heavy atom. The topological polar surface area (TPSA) is 80.6 Å². The number of hydrogen-bond acceptors (Lipinski definition) is 4. The molecule has 6 heteroatoms. The monoisotopic (exact) mass is 378 g/mol. The molecule has 2 N–H and O–H groups in total. The highest BCUT2D eigenvalue weighted by molar-refractivity contribution is 5.99. The maximum atomic E-state index is 12.6. The van der Waals surface area contributed by atoms with Crippen LogP contribution in [0.25, 0.3) is 11.0 Å². The van der Waals surface area contributed by atoms with E-state index in [0.29, 0.717) is 23.0 Å². The Morgan fingerprint density at radius 3 is 2.86 bits per heavy atom. The van der Waals surface area contributed by atoms with Gasteiger partial charge in [0.05, 0.1) is 18.4 Å². The van der Waals surface area contributed by atoms with Crippen LogP contribution in [-0.4, -0.2) is 18.4 Å². The second kappa shape index (κ2) is 7.03. The maximum absolute atomic E-state index is 12.6. The molecule has 0 radical (unpaired) electrons. The molecule has 0 bridgehead atoms. The number of carbonyl (C=O) groups is 2. The second-order valence-electron chi connectivity index (χ2n) is 7.39. The molecule has 6 nitrogen and oxygen atoms in total. The lowest BCUT2D eigenvalue weighted by molar-refractivity contribution is -0.118. The molecule has 4 rings (SSSR count). The van der Waals surface area contributed by atoms with Crippen LogP contribution in [0.1, 0.15) is 36.5 Å². The number of rotatable bonds is 4. The Bertz CT molecular complexity index is 1080. The smallest absolute Gasteiger partial charge is 0.262 e. The van der Waals surface area contributed by atoms with E-state index in [2.05, 4.69) is 37.5 Å². The van der Waals surface area contributed by atoms with Crippen molar-refractivity contribution in [3.63, 3.8) is 0 Å². The number of ether oxygens (including phenoxy) is 1. The van der Waals surface area contributed by atoms with Gasteiger partial charge in [-0.25, -0.2) is 0 Å². The van der Waals surface area contributed by atoms with Crippen LogP contribution in [0.5, 0.6) is 5.75 Å². The van der Waals surface area contributed by atoms with Crippen molar-refractivity contribution in [1.82, 2.24) is 0 Å². The maximum Gasteiger partial charge on any atom is 0.262 e. The molecule has 0 atom stereocenters. The molecular formula is C22H22N2O4. The predicted molar refractivity (Wildman–Crippen MR) is 108 cm³/mol. The molecule has 1 aliphatic rings. The van der Waals surface area contributed by atoms with E-state index in [0.717, 1.165) is 16.5 Å². The minimum absolute atomic E-state index is 0.00408. The number of benzene rings is 2. The summed E-state index contributed by atoms with van der Waals surface area (Å²) in [7, 11) is 0. The molecule has 0 saturated heterocycles. The summed E-state index contributed by atoms with van der Waals surface area (Å²) < 4.78 is 11.0. The first-order valence-corrected chi connectivity index (χ1v) is 9.28. The summed E-state index contributed by atoms with van der Waals surface area (Å²) in [6.45, 7) is 6.38. The van der Waals surface area contributed by atoms with Gasteiger partial charge in [0.1, 0.15) is 11.3 Å². The molecule has 0 saturated carbocycles. The van der Waals surface area contributed by atoms with Crippen molar-refractivity contribution < 1.29 is 18.7 Å². The molecule has 2 aromatic carbocycles. The first kappa shape index (κ1) is 18.1. The van der Waals surface area contributed by atoms with Crippen molar-refractivity contribution in [3.8, 4) is 5.75 Å². The van der Waals surface area contributed by atoms with Crippen molar-refractivity contribution in [2.24, 2.45) is 0 Å². The summed E-state index contributed by atoms with van der Waals surface area (Å²) in [6.07, 6.45) is 1.85. The van der Waals surface area contributed by atoms with E-state index < -0.39 is 0 Å². The molecule has 0 fully saturated rings. The summed E-state index contributed by atoms with van der Waals surface area (Å²) >= 11 is 0. The zero-order valence-corrected chi connectivity index (χ0v) is 16.1. The standard InChI is InChI=1S/C22H22N2O4/c1-12(2)16-9-17-14(10-27-20(17)6-13(16)3)7-21(25)23-15-4-5-19-18(8-15)24-22(26)11-28-19/h4-6,8-10,12H,7,11H2,1-3H3,(H,23,25)(H,24,26). The Balaban J connectivity index is 1.53. The normalized spacial score (nSPS) is 13.2. The fraction of sp³-hybridized carbons (Fsp3) is 0.273. The third kappa shape index (κ3) is 3.45. The van der Waals surface area contributed by atoms with Crippen molar-refractivity contribution in [3.05, 3.63) is 53.3 Å². The lowest BCUT2D eigenvalue weighted by atomic mass is 9.95. The van der Waals surface area contributed by atoms with Crippen LogP contribution in [0.3, 0.4) is 0 Å². The molecule has 3 aromatic rings. The fourth-order valence-corrected chi connectivity index (χ4v) is 3.54. The SMILES string of the molecule is Cc1cc2occ(CC(=O)Nc3ccc4c(c3)NC(=O)CO4)c2cc1C(C)C. The summed E-state index contributed by atoms with van der Waals surface area (Å²) in [4.78, 5) is 24.0. The van der Waals surface area contributed by atoms with Crippen molar-refractivity contribution in [2.75, 3.05) is 17.2 Å². The molecule has 2 amide bonds. The Labute approximate surface area is 162 Å². The largest absolute Gasteiger partial charge is 0.482 e. The quantitative estimate of drug-likeness (QED) is 0.706. The minimum Gasteiger partial charge on any atom is -0.482 e. The van der Waals surface area contributed by atoms with Gasteiger partial charge in [-0.15, -0.1) is 0 Å². The number of nitrogens with one attached hydrogen (secondary N) is 2. The highest BCUT2D eigenvalue weighted by atomic mass is 16.5. The van der Waals surface area contributed by atoms with E-state index in [1.807, 2.05) is 6.07 Å². The number of fused-ring (bicyclic) bond motifs is 2. The van der Waals surface area contributed by atoms with Crippen molar-refractivity contribution >= 4 is 34.2 Å². The number of amides is 2. The third-order valence-electron chi connectivity index (χ3n) is 4.91. The van der Waals surface area contributed by atoms with Gasteiger partial charge in [0.2, 0.25) is 5.91 Å².